The van der Waals surface area contributed by atoms with E-state index in [4.69, 9.17) is 10.5 Å². The van der Waals surface area contributed by atoms with Gasteiger partial charge in [0.15, 0.2) is 0 Å². The molecule has 5 nitrogen and oxygen atoms in total. The normalized spacial score (nSPS) is 20.2. The SMILES string of the molecule is CC(N)=NC(=O)CN1CCOCC1. The molecule has 1 amide bonds. The van der Waals surface area contributed by atoms with E-state index >= 15 is 0 Å². The maximum Gasteiger partial charge on any atom is 0.261 e. The summed E-state index contributed by atoms with van der Waals surface area (Å²) in [5.41, 5.74) is 5.28. The van der Waals surface area contributed by atoms with Crippen molar-refractivity contribution in [2.75, 3.05) is 32.8 Å². The molecule has 1 aliphatic heterocycles. The van der Waals surface area contributed by atoms with Crippen molar-refractivity contribution >= 4 is 11.7 Å². The van der Waals surface area contributed by atoms with Crippen molar-refractivity contribution in [3.8, 4) is 0 Å². The van der Waals surface area contributed by atoms with Gasteiger partial charge in [-0.3, -0.25) is 9.69 Å². The molecule has 2 N–H and O–H groups in total. The zero-order valence-corrected chi connectivity index (χ0v) is 7.82. The fourth-order valence-corrected chi connectivity index (χ4v) is 1.18. The predicted octanol–water partition coefficient (Wildman–Crippen LogP) is -0.778. The van der Waals surface area contributed by atoms with Gasteiger partial charge < -0.3 is 10.5 Å². The Kier molecular flexibility index (Phi) is 3.85. The first-order valence-corrected chi connectivity index (χ1v) is 4.32. The molecule has 0 aromatic carbocycles. The smallest absolute Gasteiger partial charge is 0.261 e. The van der Waals surface area contributed by atoms with Crippen LogP contribution in [0.3, 0.4) is 0 Å². The van der Waals surface area contributed by atoms with Crippen LogP contribution in [0.2, 0.25) is 0 Å². The van der Waals surface area contributed by atoms with Crippen molar-refractivity contribution in [2.45, 2.75) is 6.92 Å². The number of amides is 1. The molecule has 0 saturated carbocycles. The second kappa shape index (κ2) is 4.94. The van der Waals surface area contributed by atoms with Gasteiger partial charge in [0.2, 0.25) is 0 Å². The third kappa shape index (κ3) is 4.00. The highest BCUT2D eigenvalue weighted by atomic mass is 16.5. The lowest BCUT2D eigenvalue weighted by Crippen LogP contribution is -2.39. The quantitative estimate of drug-likeness (QED) is 0.453. The highest BCUT2D eigenvalue weighted by molar-refractivity contribution is 5.93. The number of rotatable bonds is 2. The van der Waals surface area contributed by atoms with E-state index in [0.717, 1.165) is 13.1 Å². The number of aliphatic imine (C=N–C) groups is 1. The topological polar surface area (TPSA) is 67.9 Å². The van der Waals surface area contributed by atoms with E-state index in [2.05, 4.69) is 4.99 Å². The third-order valence-corrected chi connectivity index (χ3v) is 1.76. The van der Waals surface area contributed by atoms with E-state index in [-0.39, 0.29) is 5.91 Å². The summed E-state index contributed by atoms with van der Waals surface area (Å²) in [5, 5.41) is 0. The maximum absolute atomic E-state index is 11.2. The van der Waals surface area contributed by atoms with Gasteiger partial charge in [-0.05, 0) is 6.92 Å². The van der Waals surface area contributed by atoms with Crippen LogP contribution < -0.4 is 5.73 Å². The molecule has 1 saturated heterocycles. The van der Waals surface area contributed by atoms with Crippen molar-refractivity contribution in [2.24, 2.45) is 10.7 Å². The van der Waals surface area contributed by atoms with Crippen LogP contribution in [0.5, 0.6) is 0 Å². The minimum atomic E-state index is -0.179. The zero-order chi connectivity index (χ0) is 9.68. The Balaban J connectivity index is 2.30. The first-order chi connectivity index (χ1) is 6.18. The van der Waals surface area contributed by atoms with Crippen molar-refractivity contribution in [3.05, 3.63) is 0 Å². The molecule has 0 aromatic heterocycles. The van der Waals surface area contributed by atoms with E-state index in [9.17, 15) is 4.79 Å². The number of hydrogen-bond donors (Lipinski definition) is 1. The summed E-state index contributed by atoms with van der Waals surface area (Å²) in [4.78, 5) is 16.8. The molecule has 0 unspecified atom stereocenters. The molecule has 0 aromatic rings. The summed E-state index contributed by atoms with van der Waals surface area (Å²) < 4.78 is 5.15. The van der Waals surface area contributed by atoms with Gasteiger partial charge in [-0.15, -0.1) is 0 Å². The Bertz CT molecular complexity index is 205. The Morgan fingerprint density at radius 1 is 1.54 bits per heavy atom. The number of carbonyl (C=O) groups is 1. The molecule has 1 rings (SSSR count). The average molecular weight is 185 g/mol. The zero-order valence-electron chi connectivity index (χ0n) is 7.82. The van der Waals surface area contributed by atoms with Crippen molar-refractivity contribution in [1.82, 2.24) is 4.90 Å². The number of amidine groups is 1. The van der Waals surface area contributed by atoms with E-state index < -0.39 is 0 Å². The minimum Gasteiger partial charge on any atom is -0.387 e. The number of morpholine rings is 1. The summed E-state index contributed by atoms with van der Waals surface area (Å²) in [6.07, 6.45) is 0. The van der Waals surface area contributed by atoms with Gasteiger partial charge in [-0.2, -0.15) is 4.99 Å². The maximum atomic E-state index is 11.2. The molecule has 0 bridgehead atoms. The number of ether oxygens (including phenoxy) is 1. The molecule has 5 heteroatoms. The fourth-order valence-electron chi connectivity index (χ4n) is 1.18. The van der Waals surface area contributed by atoms with Gasteiger partial charge >= 0.3 is 0 Å². The van der Waals surface area contributed by atoms with Crippen molar-refractivity contribution < 1.29 is 9.53 Å². The molecule has 74 valence electrons. The molecule has 0 atom stereocenters. The standard InChI is InChI=1S/C8H15N3O2/c1-7(9)10-8(12)6-11-2-4-13-5-3-11/h2-6H2,1H3,(H2,9,10,12). The molecular weight excluding hydrogens is 170 g/mol. The number of nitrogens with two attached hydrogens (primary N) is 1. The van der Waals surface area contributed by atoms with Gasteiger partial charge in [0.1, 0.15) is 0 Å². The second-order valence-electron chi connectivity index (χ2n) is 3.04. The number of hydrogen-bond acceptors (Lipinski definition) is 3. The summed E-state index contributed by atoms with van der Waals surface area (Å²) in [5.74, 6) is 0.139. The minimum absolute atomic E-state index is 0.179. The fraction of sp³-hybridized carbons (Fsp3) is 0.750. The molecule has 0 aliphatic carbocycles. The lowest BCUT2D eigenvalue weighted by molar-refractivity contribution is -0.119. The van der Waals surface area contributed by atoms with Crippen LogP contribution in [0.1, 0.15) is 6.92 Å². The average Bonchev–Trinajstić information content (AvgIpc) is 2.04. The lowest BCUT2D eigenvalue weighted by atomic mass is 10.4. The Labute approximate surface area is 77.6 Å². The summed E-state index contributed by atoms with van der Waals surface area (Å²) in [6.45, 7) is 4.93. The number of nitrogens with zero attached hydrogens (tertiary/aromatic N) is 2. The summed E-state index contributed by atoms with van der Waals surface area (Å²) in [7, 11) is 0. The van der Waals surface area contributed by atoms with Crippen LogP contribution in [0.15, 0.2) is 4.99 Å². The molecular formula is C8H15N3O2. The van der Waals surface area contributed by atoms with Crippen molar-refractivity contribution in [1.29, 1.82) is 0 Å². The van der Waals surface area contributed by atoms with Gasteiger partial charge in [-0.25, -0.2) is 0 Å². The Morgan fingerprint density at radius 3 is 2.69 bits per heavy atom. The lowest BCUT2D eigenvalue weighted by Gasteiger charge is -2.24. The Morgan fingerprint density at radius 2 is 2.15 bits per heavy atom. The predicted molar refractivity (Wildman–Crippen MR) is 49.6 cm³/mol. The van der Waals surface area contributed by atoms with Crippen LogP contribution in [0.4, 0.5) is 0 Å². The van der Waals surface area contributed by atoms with Gasteiger partial charge in [0, 0.05) is 13.1 Å². The van der Waals surface area contributed by atoms with E-state index in [0.29, 0.717) is 25.6 Å². The molecule has 1 aliphatic rings. The van der Waals surface area contributed by atoms with Gasteiger partial charge in [0.25, 0.3) is 5.91 Å². The van der Waals surface area contributed by atoms with Gasteiger partial charge in [-0.1, -0.05) is 0 Å². The Hall–Kier alpha value is -0.940. The third-order valence-electron chi connectivity index (χ3n) is 1.76. The second-order valence-corrected chi connectivity index (χ2v) is 3.04. The summed E-state index contributed by atoms with van der Waals surface area (Å²) in [6, 6.07) is 0. The van der Waals surface area contributed by atoms with Crippen LogP contribution in [0, 0.1) is 0 Å². The van der Waals surface area contributed by atoms with E-state index in [1.165, 1.54) is 0 Å². The highest BCUT2D eigenvalue weighted by Gasteiger charge is 2.13. The van der Waals surface area contributed by atoms with Crippen LogP contribution in [0.25, 0.3) is 0 Å². The van der Waals surface area contributed by atoms with E-state index in [1.54, 1.807) is 6.92 Å². The monoisotopic (exact) mass is 185 g/mol. The van der Waals surface area contributed by atoms with E-state index in [1.807, 2.05) is 4.90 Å². The molecule has 0 radical (unpaired) electrons. The number of carbonyl (C=O) groups excluding carboxylic acids is 1. The molecule has 13 heavy (non-hydrogen) atoms. The largest absolute Gasteiger partial charge is 0.387 e. The highest BCUT2D eigenvalue weighted by Crippen LogP contribution is 1.96. The van der Waals surface area contributed by atoms with Crippen LogP contribution in [-0.2, 0) is 9.53 Å². The van der Waals surface area contributed by atoms with Crippen LogP contribution >= 0.6 is 0 Å². The molecule has 0 spiro atoms. The first kappa shape index (κ1) is 10.1. The summed E-state index contributed by atoms with van der Waals surface area (Å²) >= 11 is 0. The van der Waals surface area contributed by atoms with Crippen LogP contribution in [-0.4, -0.2) is 49.5 Å². The molecule has 1 heterocycles. The van der Waals surface area contributed by atoms with Gasteiger partial charge in [0.05, 0.1) is 25.6 Å². The molecule has 1 fully saturated rings. The van der Waals surface area contributed by atoms with Crippen molar-refractivity contribution in [3.63, 3.8) is 0 Å². The first-order valence-electron chi connectivity index (χ1n) is 4.32.